The van der Waals surface area contributed by atoms with Gasteiger partial charge in [0, 0.05) is 25.8 Å². The number of aryl methyl sites for hydroxylation is 1. The number of aliphatic hydroxyl groups excluding tert-OH is 1. The number of benzene rings is 1. The third kappa shape index (κ3) is 5.26. The Kier molecular flexibility index (Phi) is 6.90. The van der Waals surface area contributed by atoms with E-state index in [0.717, 1.165) is 12.0 Å². The van der Waals surface area contributed by atoms with Gasteiger partial charge in [-0.1, -0.05) is 31.2 Å². The number of amides is 1. The summed E-state index contributed by atoms with van der Waals surface area (Å²) in [4.78, 5) is 13.7. The molecule has 1 amide bonds. The van der Waals surface area contributed by atoms with Crippen LogP contribution in [-0.4, -0.2) is 35.6 Å². The fourth-order valence-electron chi connectivity index (χ4n) is 1.82. The summed E-state index contributed by atoms with van der Waals surface area (Å²) in [6, 6.07) is 8.19. The maximum atomic E-state index is 11.9. The number of carbonyl (C=O) groups is 1. The molecule has 3 heteroatoms. The highest BCUT2D eigenvalue weighted by Gasteiger charge is 2.06. The molecule has 0 atom stereocenters. The molecule has 3 nitrogen and oxygen atoms in total. The highest BCUT2D eigenvalue weighted by molar-refractivity contribution is 5.91. The van der Waals surface area contributed by atoms with E-state index in [4.69, 9.17) is 5.11 Å². The van der Waals surface area contributed by atoms with E-state index in [-0.39, 0.29) is 12.5 Å². The Bertz CT molecular complexity index is 409. The van der Waals surface area contributed by atoms with Gasteiger partial charge in [-0.05, 0) is 37.0 Å². The predicted molar refractivity (Wildman–Crippen MR) is 78.8 cm³/mol. The van der Waals surface area contributed by atoms with Crippen molar-refractivity contribution in [2.75, 3.05) is 19.7 Å². The van der Waals surface area contributed by atoms with Crippen LogP contribution in [0.4, 0.5) is 0 Å². The van der Waals surface area contributed by atoms with Crippen molar-refractivity contribution >= 4 is 12.0 Å². The first-order chi connectivity index (χ1) is 9.21. The Morgan fingerprint density at radius 2 is 1.95 bits per heavy atom. The normalized spacial score (nSPS) is 10.9. The number of nitrogens with zero attached hydrogens (tertiary/aromatic N) is 1. The van der Waals surface area contributed by atoms with E-state index in [0.29, 0.717) is 19.5 Å². The Labute approximate surface area is 115 Å². The van der Waals surface area contributed by atoms with Gasteiger partial charge in [-0.3, -0.25) is 4.79 Å². The van der Waals surface area contributed by atoms with Crippen LogP contribution in [0.15, 0.2) is 30.3 Å². The van der Waals surface area contributed by atoms with Gasteiger partial charge in [0.05, 0.1) is 0 Å². The third-order valence-corrected chi connectivity index (χ3v) is 3.09. The molecule has 0 aliphatic heterocycles. The maximum absolute atomic E-state index is 11.9. The first kappa shape index (κ1) is 15.4. The average Bonchev–Trinajstić information content (AvgIpc) is 2.46. The maximum Gasteiger partial charge on any atom is 0.246 e. The van der Waals surface area contributed by atoms with E-state index in [1.807, 2.05) is 25.1 Å². The second-order valence-corrected chi connectivity index (χ2v) is 4.42. The minimum atomic E-state index is -0.00415. The number of hydrogen-bond donors (Lipinski definition) is 1. The predicted octanol–water partition coefficient (Wildman–Crippen LogP) is 2.49. The second-order valence-electron chi connectivity index (χ2n) is 4.42. The molecule has 0 radical (unpaired) electrons. The molecule has 0 aromatic heterocycles. The van der Waals surface area contributed by atoms with E-state index in [1.54, 1.807) is 11.0 Å². The van der Waals surface area contributed by atoms with Crippen LogP contribution >= 0.6 is 0 Å². The van der Waals surface area contributed by atoms with Crippen LogP contribution in [0.1, 0.15) is 31.4 Å². The lowest BCUT2D eigenvalue weighted by Gasteiger charge is -2.18. The fraction of sp³-hybridized carbons (Fsp3) is 0.438. The smallest absolute Gasteiger partial charge is 0.246 e. The minimum absolute atomic E-state index is 0.00415. The Morgan fingerprint density at radius 3 is 2.47 bits per heavy atom. The minimum Gasteiger partial charge on any atom is -0.396 e. The molecule has 0 spiro atoms. The van der Waals surface area contributed by atoms with E-state index in [9.17, 15) is 4.79 Å². The van der Waals surface area contributed by atoms with E-state index in [2.05, 4.69) is 19.1 Å². The molecule has 0 heterocycles. The molecule has 0 unspecified atom stereocenters. The number of rotatable bonds is 7. The zero-order valence-corrected chi connectivity index (χ0v) is 11.8. The van der Waals surface area contributed by atoms with Crippen molar-refractivity contribution in [2.45, 2.75) is 26.7 Å². The van der Waals surface area contributed by atoms with Gasteiger partial charge in [-0.2, -0.15) is 0 Å². The molecule has 0 aliphatic carbocycles. The highest BCUT2D eigenvalue weighted by atomic mass is 16.3. The zero-order chi connectivity index (χ0) is 14.1. The highest BCUT2D eigenvalue weighted by Crippen LogP contribution is 2.07. The summed E-state index contributed by atoms with van der Waals surface area (Å²) in [5.74, 6) is -0.00415. The second kappa shape index (κ2) is 8.48. The molecule has 0 bridgehead atoms. The van der Waals surface area contributed by atoms with E-state index >= 15 is 0 Å². The SMILES string of the molecule is CCc1ccc(/C=C/C(=O)N(CC)CCCO)cc1. The third-order valence-electron chi connectivity index (χ3n) is 3.09. The molecule has 0 saturated heterocycles. The lowest BCUT2D eigenvalue weighted by molar-refractivity contribution is -0.125. The van der Waals surface area contributed by atoms with Gasteiger partial charge in [-0.15, -0.1) is 0 Å². The van der Waals surface area contributed by atoms with Crippen molar-refractivity contribution in [2.24, 2.45) is 0 Å². The van der Waals surface area contributed by atoms with Crippen molar-refractivity contribution in [3.8, 4) is 0 Å². The Morgan fingerprint density at radius 1 is 1.26 bits per heavy atom. The van der Waals surface area contributed by atoms with Gasteiger partial charge in [0.2, 0.25) is 5.91 Å². The topological polar surface area (TPSA) is 40.5 Å². The molecule has 0 saturated carbocycles. The first-order valence-corrected chi connectivity index (χ1v) is 6.88. The van der Waals surface area contributed by atoms with Crippen LogP contribution in [0.2, 0.25) is 0 Å². The largest absolute Gasteiger partial charge is 0.396 e. The number of likely N-dealkylation sites (N-methyl/N-ethyl adjacent to an activating group) is 1. The number of aliphatic hydroxyl groups is 1. The molecule has 1 aromatic carbocycles. The van der Waals surface area contributed by atoms with Crippen LogP contribution in [0.5, 0.6) is 0 Å². The van der Waals surface area contributed by atoms with Crippen molar-refractivity contribution in [1.29, 1.82) is 0 Å². The monoisotopic (exact) mass is 261 g/mol. The Hall–Kier alpha value is -1.61. The number of carbonyl (C=O) groups excluding carboxylic acids is 1. The van der Waals surface area contributed by atoms with Crippen molar-refractivity contribution < 1.29 is 9.90 Å². The standard InChI is InChI=1S/C16H23NO2/c1-3-14-6-8-15(9-7-14)10-11-16(19)17(4-2)12-5-13-18/h6-11,18H,3-5,12-13H2,1-2H3/b11-10+. The van der Waals surface area contributed by atoms with Crippen LogP contribution in [-0.2, 0) is 11.2 Å². The molecule has 104 valence electrons. The molecule has 0 aliphatic rings. The zero-order valence-electron chi connectivity index (χ0n) is 11.8. The van der Waals surface area contributed by atoms with Gasteiger partial charge < -0.3 is 10.0 Å². The summed E-state index contributed by atoms with van der Waals surface area (Å²) in [6.07, 6.45) is 5.08. The first-order valence-electron chi connectivity index (χ1n) is 6.88. The molecule has 1 N–H and O–H groups in total. The number of hydrogen-bond acceptors (Lipinski definition) is 2. The van der Waals surface area contributed by atoms with Crippen LogP contribution in [0, 0.1) is 0 Å². The van der Waals surface area contributed by atoms with Crippen LogP contribution < -0.4 is 0 Å². The molecule has 0 fully saturated rings. The van der Waals surface area contributed by atoms with Gasteiger partial charge >= 0.3 is 0 Å². The molecule has 19 heavy (non-hydrogen) atoms. The molecule has 1 rings (SSSR count). The van der Waals surface area contributed by atoms with Crippen molar-refractivity contribution in [1.82, 2.24) is 4.90 Å². The summed E-state index contributed by atoms with van der Waals surface area (Å²) in [6.45, 7) is 5.45. The lowest BCUT2D eigenvalue weighted by atomic mass is 10.1. The average molecular weight is 261 g/mol. The fourth-order valence-corrected chi connectivity index (χ4v) is 1.82. The summed E-state index contributed by atoms with van der Waals surface area (Å²) < 4.78 is 0. The van der Waals surface area contributed by atoms with E-state index in [1.165, 1.54) is 5.56 Å². The molecular formula is C16H23NO2. The van der Waals surface area contributed by atoms with Gasteiger partial charge in [-0.25, -0.2) is 0 Å². The van der Waals surface area contributed by atoms with Gasteiger partial charge in [0.25, 0.3) is 0 Å². The van der Waals surface area contributed by atoms with Crippen molar-refractivity contribution in [3.05, 3.63) is 41.5 Å². The van der Waals surface area contributed by atoms with E-state index < -0.39 is 0 Å². The summed E-state index contributed by atoms with van der Waals surface area (Å²) in [7, 11) is 0. The summed E-state index contributed by atoms with van der Waals surface area (Å²) in [5, 5.41) is 8.79. The van der Waals surface area contributed by atoms with Gasteiger partial charge in [0.15, 0.2) is 0 Å². The quantitative estimate of drug-likeness (QED) is 0.766. The lowest BCUT2D eigenvalue weighted by Crippen LogP contribution is -2.30. The van der Waals surface area contributed by atoms with Crippen LogP contribution in [0.3, 0.4) is 0 Å². The molecular weight excluding hydrogens is 238 g/mol. The Balaban J connectivity index is 2.60. The van der Waals surface area contributed by atoms with Crippen molar-refractivity contribution in [3.63, 3.8) is 0 Å². The van der Waals surface area contributed by atoms with Gasteiger partial charge in [0.1, 0.15) is 0 Å². The summed E-state index contributed by atoms with van der Waals surface area (Å²) >= 11 is 0. The summed E-state index contributed by atoms with van der Waals surface area (Å²) in [5.41, 5.74) is 2.32. The molecule has 1 aromatic rings. The van der Waals surface area contributed by atoms with Crippen LogP contribution in [0.25, 0.3) is 6.08 Å².